The summed E-state index contributed by atoms with van der Waals surface area (Å²) in [5.41, 5.74) is 2.58. The molecule has 112 valence electrons. The molecule has 0 aliphatic rings. The number of hydrogen-bond donors (Lipinski definition) is 2. The molecule has 2 aromatic rings. The normalized spacial score (nSPS) is 12.1. The van der Waals surface area contributed by atoms with E-state index in [1.165, 1.54) is 6.33 Å². The topological polar surface area (TPSA) is 84.7 Å². The first-order chi connectivity index (χ1) is 10.1. The van der Waals surface area contributed by atoms with E-state index in [0.717, 1.165) is 23.5 Å². The minimum Gasteiger partial charge on any atom is -0.325 e. The Bertz CT molecular complexity index is 596. The number of tetrazole rings is 1. The van der Waals surface area contributed by atoms with Gasteiger partial charge in [0.15, 0.2) is 0 Å². The Morgan fingerprint density at radius 1 is 1.43 bits per heavy atom. The van der Waals surface area contributed by atoms with Crippen LogP contribution in [0.5, 0.6) is 0 Å². The van der Waals surface area contributed by atoms with Crippen LogP contribution < -0.4 is 10.6 Å². The van der Waals surface area contributed by atoms with Crippen LogP contribution >= 0.6 is 0 Å². The average molecular weight is 288 g/mol. The number of benzene rings is 1. The van der Waals surface area contributed by atoms with Gasteiger partial charge in [-0.15, -0.1) is 5.10 Å². The maximum Gasteiger partial charge on any atom is 0.228 e. The van der Waals surface area contributed by atoms with Crippen molar-refractivity contribution < 1.29 is 4.79 Å². The van der Waals surface area contributed by atoms with Gasteiger partial charge in [-0.1, -0.05) is 19.9 Å². The van der Waals surface area contributed by atoms with Crippen LogP contribution in [0, 0.1) is 12.8 Å². The van der Waals surface area contributed by atoms with E-state index in [-0.39, 0.29) is 11.8 Å². The third-order valence-electron chi connectivity index (χ3n) is 3.24. The molecule has 2 rings (SSSR count). The second kappa shape index (κ2) is 6.94. The third kappa shape index (κ3) is 3.85. The monoisotopic (exact) mass is 288 g/mol. The summed E-state index contributed by atoms with van der Waals surface area (Å²) in [4.78, 5) is 12.2. The number of carbonyl (C=O) groups is 1. The SMILES string of the molecule is CCNCC(C)C(=O)Nc1cc(-n2cnnn2)ccc1C. The molecule has 0 bridgehead atoms. The second-order valence-electron chi connectivity index (χ2n) is 4.95. The lowest BCUT2D eigenvalue weighted by Crippen LogP contribution is -2.30. The molecular weight excluding hydrogens is 268 g/mol. The van der Waals surface area contributed by atoms with Gasteiger partial charge in [0.1, 0.15) is 6.33 Å². The summed E-state index contributed by atoms with van der Waals surface area (Å²) >= 11 is 0. The highest BCUT2D eigenvalue weighted by molar-refractivity contribution is 5.93. The number of aromatic nitrogens is 4. The molecule has 1 unspecified atom stereocenters. The Kier molecular flexibility index (Phi) is 4.99. The van der Waals surface area contributed by atoms with E-state index in [1.807, 2.05) is 39.0 Å². The van der Waals surface area contributed by atoms with Gasteiger partial charge in [-0.3, -0.25) is 4.79 Å². The quantitative estimate of drug-likeness (QED) is 0.833. The fraction of sp³-hybridized carbons (Fsp3) is 0.429. The summed E-state index contributed by atoms with van der Waals surface area (Å²) in [5, 5.41) is 17.2. The van der Waals surface area contributed by atoms with Crippen molar-refractivity contribution in [3.05, 3.63) is 30.1 Å². The first-order valence-electron chi connectivity index (χ1n) is 6.97. The van der Waals surface area contributed by atoms with Crippen molar-refractivity contribution in [1.29, 1.82) is 0 Å². The highest BCUT2D eigenvalue weighted by Crippen LogP contribution is 2.19. The third-order valence-corrected chi connectivity index (χ3v) is 3.24. The molecule has 0 fully saturated rings. The van der Waals surface area contributed by atoms with Crippen LogP contribution in [-0.2, 0) is 4.79 Å². The maximum atomic E-state index is 12.2. The van der Waals surface area contributed by atoms with Gasteiger partial charge in [-0.25, -0.2) is 4.68 Å². The van der Waals surface area contributed by atoms with Gasteiger partial charge in [0, 0.05) is 18.2 Å². The van der Waals surface area contributed by atoms with Gasteiger partial charge in [-0.2, -0.15) is 0 Å². The van der Waals surface area contributed by atoms with Gasteiger partial charge < -0.3 is 10.6 Å². The van der Waals surface area contributed by atoms with Crippen LogP contribution in [0.15, 0.2) is 24.5 Å². The summed E-state index contributed by atoms with van der Waals surface area (Å²) in [6, 6.07) is 5.70. The summed E-state index contributed by atoms with van der Waals surface area (Å²) in [6.07, 6.45) is 1.52. The van der Waals surface area contributed by atoms with E-state index >= 15 is 0 Å². The molecule has 21 heavy (non-hydrogen) atoms. The summed E-state index contributed by atoms with van der Waals surface area (Å²) in [7, 11) is 0. The summed E-state index contributed by atoms with van der Waals surface area (Å²) < 4.78 is 1.55. The molecule has 7 nitrogen and oxygen atoms in total. The number of carbonyl (C=O) groups excluding carboxylic acids is 1. The number of hydrogen-bond acceptors (Lipinski definition) is 5. The zero-order chi connectivity index (χ0) is 15.2. The molecule has 1 atom stereocenters. The number of anilines is 1. The van der Waals surface area contributed by atoms with E-state index in [4.69, 9.17) is 0 Å². The van der Waals surface area contributed by atoms with Crippen molar-refractivity contribution in [2.45, 2.75) is 20.8 Å². The molecule has 0 radical (unpaired) electrons. The first-order valence-corrected chi connectivity index (χ1v) is 6.97. The van der Waals surface area contributed by atoms with E-state index in [2.05, 4.69) is 26.2 Å². The van der Waals surface area contributed by atoms with Crippen molar-refractivity contribution >= 4 is 11.6 Å². The van der Waals surface area contributed by atoms with E-state index in [9.17, 15) is 4.79 Å². The maximum absolute atomic E-state index is 12.2. The highest BCUT2D eigenvalue weighted by atomic mass is 16.1. The molecule has 7 heteroatoms. The number of aryl methyl sites for hydroxylation is 1. The van der Waals surface area contributed by atoms with Gasteiger partial charge in [0.25, 0.3) is 0 Å². The Labute approximate surface area is 123 Å². The molecule has 0 saturated heterocycles. The Morgan fingerprint density at radius 3 is 2.90 bits per heavy atom. The van der Waals surface area contributed by atoms with Gasteiger partial charge in [0.05, 0.1) is 5.69 Å². The van der Waals surface area contributed by atoms with Crippen LogP contribution in [-0.4, -0.2) is 39.2 Å². The predicted molar refractivity (Wildman–Crippen MR) is 80.2 cm³/mol. The zero-order valence-corrected chi connectivity index (χ0v) is 12.5. The average Bonchev–Trinajstić information content (AvgIpc) is 3.01. The minimum atomic E-state index is -0.0963. The molecule has 0 saturated carbocycles. The lowest BCUT2D eigenvalue weighted by Gasteiger charge is -2.14. The fourth-order valence-electron chi connectivity index (χ4n) is 1.88. The minimum absolute atomic E-state index is 0.00656. The number of rotatable bonds is 6. The van der Waals surface area contributed by atoms with Crippen LogP contribution in [0.25, 0.3) is 5.69 Å². The van der Waals surface area contributed by atoms with E-state index < -0.39 is 0 Å². The lowest BCUT2D eigenvalue weighted by molar-refractivity contribution is -0.119. The summed E-state index contributed by atoms with van der Waals surface area (Å²) in [5.74, 6) is -0.103. The molecule has 1 amide bonds. The Morgan fingerprint density at radius 2 is 2.24 bits per heavy atom. The largest absolute Gasteiger partial charge is 0.325 e. The van der Waals surface area contributed by atoms with Gasteiger partial charge in [0.2, 0.25) is 5.91 Å². The molecule has 1 aromatic carbocycles. The number of nitrogens with one attached hydrogen (secondary N) is 2. The van der Waals surface area contributed by atoms with Gasteiger partial charge in [-0.05, 0) is 41.6 Å². The molecule has 1 heterocycles. The van der Waals surface area contributed by atoms with Gasteiger partial charge >= 0.3 is 0 Å². The van der Waals surface area contributed by atoms with E-state index in [1.54, 1.807) is 4.68 Å². The summed E-state index contributed by atoms with van der Waals surface area (Å²) in [6.45, 7) is 7.39. The van der Waals surface area contributed by atoms with Crippen molar-refractivity contribution in [2.75, 3.05) is 18.4 Å². The van der Waals surface area contributed by atoms with Crippen molar-refractivity contribution in [2.24, 2.45) is 5.92 Å². The smallest absolute Gasteiger partial charge is 0.228 e. The molecule has 0 aliphatic heterocycles. The van der Waals surface area contributed by atoms with Crippen LogP contribution in [0.1, 0.15) is 19.4 Å². The highest BCUT2D eigenvalue weighted by Gasteiger charge is 2.14. The van der Waals surface area contributed by atoms with E-state index in [0.29, 0.717) is 6.54 Å². The molecule has 2 N–H and O–H groups in total. The van der Waals surface area contributed by atoms with Crippen molar-refractivity contribution in [3.63, 3.8) is 0 Å². The first kappa shape index (κ1) is 15.1. The van der Waals surface area contributed by atoms with Crippen molar-refractivity contribution in [3.8, 4) is 5.69 Å². The second-order valence-corrected chi connectivity index (χ2v) is 4.95. The molecule has 0 spiro atoms. The van der Waals surface area contributed by atoms with Crippen molar-refractivity contribution in [1.82, 2.24) is 25.5 Å². The number of nitrogens with zero attached hydrogens (tertiary/aromatic N) is 4. The fourth-order valence-corrected chi connectivity index (χ4v) is 1.88. The Balaban J connectivity index is 2.12. The Hall–Kier alpha value is -2.28. The number of amides is 1. The van der Waals surface area contributed by atoms with Crippen LogP contribution in [0.2, 0.25) is 0 Å². The zero-order valence-electron chi connectivity index (χ0n) is 12.5. The van der Waals surface area contributed by atoms with Crippen LogP contribution in [0.4, 0.5) is 5.69 Å². The predicted octanol–water partition coefficient (Wildman–Crippen LogP) is 1.15. The lowest BCUT2D eigenvalue weighted by atomic mass is 10.1. The molecule has 0 aliphatic carbocycles. The standard InChI is InChI=1S/C14H20N6O/c1-4-15-8-11(3)14(21)17-13-7-12(6-5-10(13)2)20-9-16-18-19-20/h5-7,9,11,15H,4,8H2,1-3H3,(H,17,21). The molecular formula is C14H20N6O. The molecule has 1 aromatic heterocycles. The van der Waals surface area contributed by atoms with Crippen LogP contribution in [0.3, 0.4) is 0 Å².